The van der Waals surface area contributed by atoms with E-state index in [1.807, 2.05) is 24.3 Å². The van der Waals surface area contributed by atoms with Crippen molar-refractivity contribution in [3.8, 4) is 5.75 Å². The van der Waals surface area contributed by atoms with Gasteiger partial charge in [-0.1, -0.05) is 12.1 Å². The van der Waals surface area contributed by atoms with E-state index < -0.39 is 5.41 Å². The van der Waals surface area contributed by atoms with E-state index >= 15 is 0 Å². The van der Waals surface area contributed by atoms with Crippen molar-refractivity contribution in [2.45, 2.75) is 20.3 Å². The summed E-state index contributed by atoms with van der Waals surface area (Å²) in [5.74, 6) is 0.266. The summed E-state index contributed by atoms with van der Waals surface area (Å²) in [7, 11) is 1.63. The molecule has 1 aromatic rings. The number of nitrogens with one attached hydrogen (secondary N) is 2. The van der Waals surface area contributed by atoms with Crippen LogP contribution >= 0.6 is 0 Å². The Morgan fingerprint density at radius 2 is 1.81 bits per heavy atom. The highest BCUT2D eigenvalue weighted by Gasteiger charge is 2.35. The quantitative estimate of drug-likeness (QED) is 0.623. The third kappa shape index (κ3) is 6.52. The molecule has 0 bridgehead atoms. The number of nitrogens with zero attached hydrogens (tertiary/aromatic N) is 1. The van der Waals surface area contributed by atoms with Gasteiger partial charge in [-0.05, 0) is 38.0 Å². The number of methoxy groups -OCH3 is 1. The van der Waals surface area contributed by atoms with Crippen LogP contribution in [-0.4, -0.2) is 69.8 Å². The van der Waals surface area contributed by atoms with E-state index in [0.29, 0.717) is 19.5 Å². The van der Waals surface area contributed by atoms with Gasteiger partial charge in [-0.15, -0.1) is 0 Å². The SMILES string of the molecule is COc1cccc(CCNC(=O)C(C)(C)C(=O)NCCN2CCOCC2)c1. The molecule has 1 saturated heterocycles. The molecule has 7 nitrogen and oxygen atoms in total. The Kier molecular flexibility index (Phi) is 8.06. The Labute approximate surface area is 161 Å². The molecule has 1 heterocycles. The summed E-state index contributed by atoms with van der Waals surface area (Å²) >= 11 is 0. The van der Waals surface area contributed by atoms with Crippen molar-refractivity contribution in [3.05, 3.63) is 29.8 Å². The highest BCUT2D eigenvalue weighted by molar-refractivity contribution is 6.04. The van der Waals surface area contributed by atoms with Crippen LogP contribution in [0.15, 0.2) is 24.3 Å². The second-order valence-corrected chi connectivity index (χ2v) is 7.19. The van der Waals surface area contributed by atoms with Crippen molar-refractivity contribution in [2.75, 3.05) is 53.0 Å². The molecule has 0 aromatic heterocycles. The van der Waals surface area contributed by atoms with E-state index in [2.05, 4.69) is 15.5 Å². The predicted octanol–water partition coefficient (Wildman–Crippen LogP) is 0.829. The van der Waals surface area contributed by atoms with Crippen molar-refractivity contribution < 1.29 is 19.1 Å². The van der Waals surface area contributed by atoms with Crippen molar-refractivity contribution in [1.29, 1.82) is 0 Å². The second kappa shape index (κ2) is 10.3. The number of hydrogen-bond donors (Lipinski definition) is 2. The van der Waals surface area contributed by atoms with Crippen LogP contribution in [0.2, 0.25) is 0 Å². The van der Waals surface area contributed by atoms with Crippen molar-refractivity contribution in [3.63, 3.8) is 0 Å². The van der Waals surface area contributed by atoms with Crippen LogP contribution in [0.5, 0.6) is 5.75 Å². The fourth-order valence-corrected chi connectivity index (χ4v) is 2.85. The number of hydrogen-bond acceptors (Lipinski definition) is 5. The van der Waals surface area contributed by atoms with Crippen molar-refractivity contribution >= 4 is 11.8 Å². The summed E-state index contributed by atoms with van der Waals surface area (Å²) in [6.45, 7) is 8.28. The third-order valence-electron chi connectivity index (χ3n) is 4.79. The summed E-state index contributed by atoms with van der Waals surface area (Å²) in [5.41, 5.74) is -0.0400. The Balaban J connectivity index is 1.72. The van der Waals surface area contributed by atoms with Crippen LogP contribution in [0.1, 0.15) is 19.4 Å². The van der Waals surface area contributed by atoms with Gasteiger partial charge in [0.05, 0.1) is 20.3 Å². The fraction of sp³-hybridized carbons (Fsp3) is 0.600. The van der Waals surface area contributed by atoms with Crippen LogP contribution in [0.25, 0.3) is 0 Å². The van der Waals surface area contributed by atoms with Gasteiger partial charge in [0, 0.05) is 32.7 Å². The zero-order valence-electron chi connectivity index (χ0n) is 16.5. The molecule has 0 saturated carbocycles. The molecule has 0 spiro atoms. The van der Waals surface area contributed by atoms with E-state index in [1.54, 1.807) is 21.0 Å². The van der Waals surface area contributed by atoms with Crippen LogP contribution < -0.4 is 15.4 Å². The van der Waals surface area contributed by atoms with Gasteiger partial charge < -0.3 is 20.1 Å². The molecule has 0 unspecified atom stereocenters. The maximum absolute atomic E-state index is 12.5. The largest absolute Gasteiger partial charge is 0.497 e. The summed E-state index contributed by atoms with van der Waals surface area (Å²) in [4.78, 5) is 27.1. The molecule has 2 amide bonds. The molecule has 0 aliphatic carbocycles. The summed E-state index contributed by atoms with van der Waals surface area (Å²) < 4.78 is 10.5. The number of ether oxygens (including phenoxy) is 2. The first-order valence-electron chi connectivity index (χ1n) is 9.43. The molecule has 7 heteroatoms. The minimum Gasteiger partial charge on any atom is -0.497 e. The fourth-order valence-electron chi connectivity index (χ4n) is 2.85. The highest BCUT2D eigenvalue weighted by Crippen LogP contribution is 2.16. The minimum absolute atomic E-state index is 0.255. The van der Waals surface area contributed by atoms with Gasteiger partial charge in [0.2, 0.25) is 11.8 Å². The zero-order chi connectivity index (χ0) is 19.7. The molecule has 2 rings (SSSR count). The maximum Gasteiger partial charge on any atom is 0.235 e. The minimum atomic E-state index is -1.11. The van der Waals surface area contributed by atoms with E-state index in [-0.39, 0.29) is 11.8 Å². The Morgan fingerprint density at radius 1 is 1.15 bits per heavy atom. The smallest absolute Gasteiger partial charge is 0.235 e. The lowest BCUT2D eigenvalue weighted by Crippen LogP contribution is -2.50. The van der Waals surface area contributed by atoms with Crippen LogP contribution in [0, 0.1) is 5.41 Å². The number of morpholine rings is 1. The third-order valence-corrected chi connectivity index (χ3v) is 4.79. The number of carbonyl (C=O) groups is 2. The molecule has 0 radical (unpaired) electrons. The normalized spacial score (nSPS) is 15.2. The Hall–Kier alpha value is -2.12. The maximum atomic E-state index is 12.5. The van der Waals surface area contributed by atoms with Crippen LogP contribution in [0.3, 0.4) is 0 Å². The van der Waals surface area contributed by atoms with Crippen molar-refractivity contribution in [1.82, 2.24) is 15.5 Å². The zero-order valence-corrected chi connectivity index (χ0v) is 16.5. The molecular formula is C20H31N3O4. The monoisotopic (exact) mass is 377 g/mol. The number of amides is 2. The van der Waals surface area contributed by atoms with E-state index in [9.17, 15) is 9.59 Å². The molecule has 1 aliphatic rings. The first-order chi connectivity index (χ1) is 12.9. The molecule has 150 valence electrons. The molecule has 1 fully saturated rings. The first-order valence-corrected chi connectivity index (χ1v) is 9.43. The summed E-state index contributed by atoms with van der Waals surface area (Å²) in [6.07, 6.45) is 0.678. The second-order valence-electron chi connectivity index (χ2n) is 7.19. The molecule has 27 heavy (non-hydrogen) atoms. The molecule has 1 aromatic carbocycles. The average Bonchev–Trinajstić information content (AvgIpc) is 2.68. The lowest BCUT2D eigenvalue weighted by Gasteiger charge is -2.27. The van der Waals surface area contributed by atoms with Gasteiger partial charge in [0.1, 0.15) is 11.2 Å². The van der Waals surface area contributed by atoms with Gasteiger partial charge in [0.15, 0.2) is 0 Å². The number of carbonyl (C=O) groups excluding carboxylic acids is 2. The van der Waals surface area contributed by atoms with E-state index in [1.165, 1.54) is 0 Å². The molecule has 0 atom stereocenters. The summed E-state index contributed by atoms with van der Waals surface area (Å²) in [5, 5.41) is 5.74. The lowest BCUT2D eigenvalue weighted by molar-refractivity contribution is -0.141. The standard InChI is InChI=1S/C20H31N3O4/c1-20(2,19(25)22-9-10-23-11-13-27-14-12-23)18(24)21-8-7-16-5-4-6-17(15-16)26-3/h4-6,15H,7-14H2,1-3H3,(H,21,24)(H,22,25). The van der Waals surface area contributed by atoms with Crippen LogP contribution in [0.4, 0.5) is 0 Å². The molecule has 2 N–H and O–H groups in total. The average molecular weight is 377 g/mol. The van der Waals surface area contributed by atoms with E-state index in [4.69, 9.17) is 9.47 Å². The number of benzene rings is 1. The van der Waals surface area contributed by atoms with Gasteiger partial charge in [-0.2, -0.15) is 0 Å². The Morgan fingerprint density at radius 3 is 2.48 bits per heavy atom. The first kappa shape index (κ1) is 21.2. The Bertz CT molecular complexity index is 627. The van der Waals surface area contributed by atoms with E-state index in [0.717, 1.165) is 44.2 Å². The lowest BCUT2D eigenvalue weighted by atomic mass is 9.91. The number of rotatable bonds is 9. The van der Waals surface area contributed by atoms with Crippen molar-refractivity contribution in [2.24, 2.45) is 5.41 Å². The van der Waals surface area contributed by atoms with Gasteiger partial charge in [-0.3, -0.25) is 14.5 Å². The summed E-state index contributed by atoms with van der Waals surface area (Å²) in [6, 6.07) is 7.72. The molecular weight excluding hydrogens is 346 g/mol. The highest BCUT2D eigenvalue weighted by atomic mass is 16.5. The van der Waals surface area contributed by atoms with Gasteiger partial charge in [-0.25, -0.2) is 0 Å². The predicted molar refractivity (Wildman–Crippen MR) is 104 cm³/mol. The molecule has 1 aliphatic heterocycles. The topological polar surface area (TPSA) is 79.9 Å². The van der Waals surface area contributed by atoms with Gasteiger partial charge >= 0.3 is 0 Å². The van der Waals surface area contributed by atoms with Crippen LogP contribution in [-0.2, 0) is 20.7 Å². The van der Waals surface area contributed by atoms with Gasteiger partial charge in [0.25, 0.3) is 0 Å².